The maximum atomic E-state index is 2.76. The molecule has 1 aliphatic carbocycles. The SMILES string of the molecule is C[Si](C)N(c1cccc2c1Cc1ccccc1-2)C(C)(C)CC(C)(C)C. The highest BCUT2D eigenvalue weighted by molar-refractivity contribution is 6.60. The molecule has 0 heterocycles. The van der Waals surface area contributed by atoms with Crippen LogP contribution < -0.4 is 4.57 Å². The van der Waals surface area contributed by atoms with E-state index in [2.05, 4.69) is 94.7 Å². The largest absolute Gasteiger partial charge is 0.393 e. The fraction of sp³-hybridized carbons (Fsp3) is 0.478. The van der Waals surface area contributed by atoms with Crippen molar-refractivity contribution in [1.29, 1.82) is 0 Å². The summed E-state index contributed by atoms with van der Waals surface area (Å²) >= 11 is 0. The Morgan fingerprint density at radius 1 is 0.880 bits per heavy atom. The van der Waals surface area contributed by atoms with Gasteiger partial charge in [0.2, 0.25) is 0 Å². The van der Waals surface area contributed by atoms with Crippen molar-refractivity contribution >= 4 is 14.6 Å². The second-order valence-corrected chi connectivity index (χ2v) is 11.8. The van der Waals surface area contributed by atoms with Gasteiger partial charge < -0.3 is 4.57 Å². The zero-order valence-electron chi connectivity index (χ0n) is 16.9. The first-order chi connectivity index (χ1) is 11.6. The van der Waals surface area contributed by atoms with Crippen LogP contribution in [0.4, 0.5) is 5.69 Å². The molecule has 0 N–H and O–H groups in total. The molecular formula is C23H32NSi. The van der Waals surface area contributed by atoms with E-state index in [9.17, 15) is 0 Å². The molecule has 3 rings (SSSR count). The Morgan fingerprint density at radius 3 is 2.16 bits per heavy atom. The summed E-state index contributed by atoms with van der Waals surface area (Å²) in [6.45, 7) is 16.8. The quantitative estimate of drug-likeness (QED) is 0.483. The van der Waals surface area contributed by atoms with Crippen molar-refractivity contribution in [2.45, 2.75) is 66.1 Å². The van der Waals surface area contributed by atoms with Crippen LogP contribution in [0.3, 0.4) is 0 Å². The molecule has 0 unspecified atom stereocenters. The monoisotopic (exact) mass is 350 g/mol. The number of rotatable bonds is 4. The van der Waals surface area contributed by atoms with Crippen LogP contribution >= 0.6 is 0 Å². The molecule has 0 atom stereocenters. The van der Waals surface area contributed by atoms with E-state index in [1.54, 1.807) is 0 Å². The lowest BCUT2D eigenvalue weighted by atomic mass is 9.81. The Labute approximate surface area is 155 Å². The van der Waals surface area contributed by atoms with Crippen LogP contribution in [0, 0.1) is 5.41 Å². The molecule has 0 amide bonds. The standard InChI is InChI=1S/C23H32NSi/c1-22(2,3)16-23(4,5)24(25(6)7)21-14-10-13-19-18-12-9-8-11-17(18)15-20(19)21/h8-14H,15-16H2,1-7H3. The van der Waals surface area contributed by atoms with E-state index in [0.717, 1.165) is 6.42 Å². The Bertz CT molecular complexity index is 768. The lowest BCUT2D eigenvalue weighted by molar-refractivity contribution is 0.288. The number of anilines is 1. The lowest BCUT2D eigenvalue weighted by Gasteiger charge is -2.47. The van der Waals surface area contributed by atoms with Gasteiger partial charge in [-0.3, -0.25) is 0 Å². The Hall–Kier alpha value is -1.54. The van der Waals surface area contributed by atoms with Gasteiger partial charge in [-0.25, -0.2) is 0 Å². The Kier molecular flexibility index (Phi) is 4.61. The minimum absolute atomic E-state index is 0.153. The number of benzene rings is 2. The highest BCUT2D eigenvalue weighted by atomic mass is 28.3. The molecule has 0 saturated carbocycles. The smallest absolute Gasteiger partial charge is 0.163 e. The topological polar surface area (TPSA) is 3.24 Å². The summed E-state index contributed by atoms with van der Waals surface area (Å²) in [5.41, 5.74) is 7.79. The minimum Gasteiger partial charge on any atom is -0.393 e. The molecule has 1 aliphatic rings. The van der Waals surface area contributed by atoms with E-state index < -0.39 is 8.96 Å². The fourth-order valence-electron chi connectivity index (χ4n) is 4.90. The molecule has 1 nitrogen and oxygen atoms in total. The van der Waals surface area contributed by atoms with Crippen molar-refractivity contribution in [3.63, 3.8) is 0 Å². The van der Waals surface area contributed by atoms with Gasteiger partial charge in [-0.2, -0.15) is 0 Å². The Morgan fingerprint density at radius 2 is 1.52 bits per heavy atom. The second kappa shape index (κ2) is 6.32. The van der Waals surface area contributed by atoms with Gasteiger partial charge in [-0.15, -0.1) is 0 Å². The molecule has 0 aliphatic heterocycles. The van der Waals surface area contributed by atoms with Gasteiger partial charge in [0.05, 0.1) is 0 Å². The summed E-state index contributed by atoms with van der Waals surface area (Å²) in [5, 5.41) is 0. The van der Waals surface area contributed by atoms with Gasteiger partial charge in [0.25, 0.3) is 0 Å². The third-order valence-corrected chi connectivity index (χ3v) is 6.82. The van der Waals surface area contributed by atoms with Crippen molar-refractivity contribution in [3.05, 3.63) is 53.6 Å². The van der Waals surface area contributed by atoms with E-state index in [1.807, 2.05) is 0 Å². The summed E-state index contributed by atoms with van der Waals surface area (Å²) in [5.74, 6) is 0. The van der Waals surface area contributed by atoms with Crippen LogP contribution in [0.25, 0.3) is 11.1 Å². The Balaban J connectivity index is 2.09. The fourth-order valence-corrected chi connectivity index (χ4v) is 6.88. The molecule has 1 radical (unpaired) electrons. The summed E-state index contributed by atoms with van der Waals surface area (Å²) in [7, 11) is -0.628. The first-order valence-corrected chi connectivity index (χ1v) is 11.9. The van der Waals surface area contributed by atoms with Gasteiger partial charge in [0, 0.05) is 17.6 Å². The van der Waals surface area contributed by atoms with Crippen LogP contribution in [-0.4, -0.2) is 14.5 Å². The number of hydrogen-bond donors (Lipinski definition) is 0. The predicted molar refractivity (Wildman–Crippen MR) is 113 cm³/mol. The zero-order chi connectivity index (χ0) is 18.4. The van der Waals surface area contributed by atoms with E-state index in [-0.39, 0.29) is 5.54 Å². The highest BCUT2D eigenvalue weighted by Gasteiger charge is 2.35. The van der Waals surface area contributed by atoms with Gasteiger partial charge in [-0.1, -0.05) is 70.3 Å². The van der Waals surface area contributed by atoms with Gasteiger partial charge in [0.15, 0.2) is 8.96 Å². The van der Waals surface area contributed by atoms with Gasteiger partial charge in [-0.05, 0) is 54.0 Å². The molecule has 0 bridgehead atoms. The van der Waals surface area contributed by atoms with Crippen LogP contribution in [0.5, 0.6) is 0 Å². The van der Waals surface area contributed by atoms with Crippen molar-refractivity contribution in [2.75, 3.05) is 4.57 Å². The average molecular weight is 351 g/mol. The molecule has 0 fully saturated rings. The maximum Gasteiger partial charge on any atom is 0.163 e. The van der Waals surface area contributed by atoms with Crippen molar-refractivity contribution in [2.24, 2.45) is 5.41 Å². The van der Waals surface area contributed by atoms with Crippen LogP contribution in [0.2, 0.25) is 13.1 Å². The number of hydrogen-bond acceptors (Lipinski definition) is 1. The molecule has 2 heteroatoms. The van der Waals surface area contributed by atoms with Crippen molar-refractivity contribution in [3.8, 4) is 11.1 Å². The van der Waals surface area contributed by atoms with Gasteiger partial charge >= 0.3 is 0 Å². The zero-order valence-corrected chi connectivity index (χ0v) is 17.9. The molecule has 133 valence electrons. The highest BCUT2D eigenvalue weighted by Crippen LogP contribution is 2.44. The summed E-state index contributed by atoms with van der Waals surface area (Å²) < 4.78 is 2.76. The van der Waals surface area contributed by atoms with Crippen LogP contribution in [0.15, 0.2) is 42.5 Å². The molecule has 0 saturated heterocycles. The van der Waals surface area contributed by atoms with E-state index >= 15 is 0 Å². The molecular weight excluding hydrogens is 318 g/mol. The second-order valence-electron chi connectivity index (χ2n) is 9.47. The lowest BCUT2D eigenvalue weighted by Crippen LogP contribution is -2.52. The molecule has 2 aromatic rings. The third-order valence-electron chi connectivity index (χ3n) is 5.08. The molecule has 2 aromatic carbocycles. The summed E-state index contributed by atoms with van der Waals surface area (Å²) in [6.07, 6.45) is 2.26. The average Bonchev–Trinajstić information content (AvgIpc) is 2.84. The predicted octanol–water partition coefficient (Wildman–Crippen LogP) is 6.53. The summed E-state index contributed by atoms with van der Waals surface area (Å²) in [6, 6.07) is 15.8. The van der Waals surface area contributed by atoms with E-state index in [4.69, 9.17) is 0 Å². The molecule has 0 aromatic heterocycles. The third kappa shape index (κ3) is 3.55. The number of fused-ring (bicyclic) bond motifs is 3. The molecule has 25 heavy (non-hydrogen) atoms. The first-order valence-electron chi connectivity index (χ1n) is 9.41. The van der Waals surface area contributed by atoms with Gasteiger partial charge in [0.1, 0.15) is 0 Å². The summed E-state index contributed by atoms with van der Waals surface area (Å²) in [4.78, 5) is 0. The van der Waals surface area contributed by atoms with Crippen molar-refractivity contribution in [1.82, 2.24) is 0 Å². The minimum atomic E-state index is -0.628. The van der Waals surface area contributed by atoms with Crippen LogP contribution in [-0.2, 0) is 6.42 Å². The normalized spacial score (nSPS) is 13.8. The maximum absolute atomic E-state index is 2.76. The van der Waals surface area contributed by atoms with Crippen LogP contribution in [0.1, 0.15) is 52.2 Å². The van der Waals surface area contributed by atoms with Crippen molar-refractivity contribution < 1.29 is 0 Å². The first kappa shape index (κ1) is 18.3. The van der Waals surface area contributed by atoms with E-state index in [1.165, 1.54) is 34.4 Å². The number of nitrogens with zero attached hydrogens (tertiary/aromatic N) is 1. The van der Waals surface area contributed by atoms with E-state index in [0.29, 0.717) is 5.41 Å². The molecule has 0 spiro atoms.